The number of carbonyl (C=O) groups excluding carboxylic acids is 1. The molecule has 18 heavy (non-hydrogen) atoms. The fourth-order valence-corrected chi connectivity index (χ4v) is 1.35. The first-order chi connectivity index (χ1) is 8.58. The number of nitrogens with zero attached hydrogens (tertiary/aromatic N) is 1. The van der Waals surface area contributed by atoms with Gasteiger partial charge >= 0.3 is 0 Å². The minimum absolute atomic E-state index is 0.178. The first-order valence-corrected chi connectivity index (χ1v) is 5.04. The molecule has 0 unspecified atom stereocenters. The van der Waals surface area contributed by atoms with E-state index in [0.29, 0.717) is 6.07 Å². The lowest BCUT2D eigenvalue weighted by molar-refractivity contribution is 0.102. The van der Waals surface area contributed by atoms with E-state index in [2.05, 4.69) is 10.3 Å². The van der Waals surface area contributed by atoms with E-state index in [1.165, 1.54) is 18.5 Å². The van der Waals surface area contributed by atoms with Crippen LogP contribution in [0.4, 0.5) is 20.2 Å². The van der Waals surface area contributed by atoms with Gasteiger partial charge in [0.15, 0.2) is 0 Å². The van der Waals surface area contributed by atoms with Crippen molar-refractivity contribution in [3.05, 3.63) is 53.9 Å². The molecule has 1 amide bonds. The van der Waals surface area contributed by atoms with E-state index >= 15 is 0 Å². The van der Waals surface area contributed by atoms with Gasteiger partial charge < -0.3 is 11.1 Å². The van der Waals surface area contributed by atoms with Gasteiger partial charge in [0.25, 0.3) is 5.91 Å². The van der Waals surface area contributed by atoms with Crippen LogP contribution >= 0.6 is 0 Å². The molecule has 0 atom stereocenters. The van der Waals surface area contributed by atoms with E-state index in [9.17, 15) is 13.6 Å². The highest BCUT2D eigenvalue weighted by molar-refractivity contribution is 6.04. The Balaban J connectivity index is 2.25. The summed E-state index contributed by atoms with van der Waals surface area (Å²) in [6.45, 7) is 0. The fourth-order valence-electron chi connectivity index (χ4n) is 1.35. The molecule has 92 valence electrons. The van der Waals surface area contributed by atoms with Crippen molar-refractivity contribution in [2.45, 2.75) is 0 Å². The van der Waals surface area contributed by atoms with Crippen LogP contribution in [0.15, 0.2) is 36.7 Å². The fraction of sp³-hybridized carbons (Fsp3) is 0. The van der Waals surface area contributed by atoms with E-state index < -0.39 is 17.5 Å². The number of nitrogen functional groups attached to an aromatic ring is 1. The maximum Gasteiger partial charge on any atom is 0.257 e. The summed E-state index contributed by atoms with van der Waals surface area (Å²) in [5.74, 6) is -2.31. The molecule has 0 radical (unpaired) electrons. The minimum Gasteiger partial charge on any atom is -0.396 e. The van der Waals surface area contributed by atoms with Crippen molar-refractivity contribution >= 4 is 17.3 Å². The van der Waals surface area contributed by atoms with Gasteiger partial charge in [-0.05, 0) is 18.2 Å². The van der Waals surface area contributed by atoms with Crippen LogP contribution in [-0.2, 0) is 0 Å². The highest BCUT2D eigenvalue weighted by atomic mass is 19.1. The van der Waals surface area contributed by atoms with Crippen LogP contribution in [0.2, 0.25) is 0 Å². The quantitative estimate of drug-likeness (QED) is 0.801. The molecule has 2 aromatic rings. The summed E-state index contributed by atoms with van der Waals surface area (Å²) in [5, 5.41) is 2.29. The minimum atomic E-state index is -0.890. The van der Waals surface area contributed by atoms with Crippen LogP contribution < -0.4 is 11.1 Å². The molecule has 0 fully saturated rings. The third kappa shape index (κ3) is 2.42. The molecule has 0 spiro atoms. The van der Waals surface area contributed by atoms with Crippen molar-refractivity contribution < 1.29 is 13.6 Å². The third-order valence-electron chi connectivity index (χ3n) is 2.26. The molecule has 3 N–H and O–H groups in total. The van der Waals surface area contributed by atoms with E-state index in [-0.39, 0.29) is 16.9 Å². The number of benzene rings is 1. The predicted octanol–water partition coefficient (Wildman–Crippen LogP) is 2.19. The zero-order valence-electron chi connectivity index (χ0n) is 9.15. The molecule has 4 nitrogen and oxygen atoms in total. The van der Waals surface area contributed by atoms with Crippen LogP contribution in [0.3, 0.4) is 0 Å². The maximum atomic E-state index is 13.4. The van der Waals surface area contributed by atoms with Crippen molar-refractivity contribution in [1.29, 1.82) is 0 Å². The summed E-state index contributed by atoms with van der Waals surface area (Å²) < 4.78 is 26.3. The van der Waals surface area contributed by atoms with Gasteiger partial charge in [0, 0.05) is 18.5 Å². The number of nitrogens with two attached hydrogens (primary N) is 1. The van der Waals surface area contributed by atoms with Crippen molar-refractivity contribution in [1.82, 2.24) is 4.98 Å². The normalized spacial score (nSPS) is 10.1. The SMILES string of the molecule is Nc1cc(NC(=O)c2cccnc2)c(F)cc1F. The van der Waals surface area contributed by atoms with E-state index in [0.717, 1.165) is 6.07 Å². The van der Waals surface area contributed by atoms with E-state index in [4.69, 9.17) is 5.73 Å². The zero-order valence-corrected chi connectivity index (χ0v) is 9.15. The van der Waals surface area contributed by atoms with Gasteiger partial charge in [-0.2, -0.15) is 0 Å². The number of pyridine rings is 1. The number of rotatable bonds is 2. The number of nitrogens with one attached hydrogen (secondary N) is 1. The van der Waals surface area contributed by atoms with Gasteiger partial charge in [-0.25, -0.2) is 8.78 Å². The van der Waals surface area contributed by atoms with Gasteiger partial charge in [-0.15, -0.1) is 0 Å². The van der Waals surface area contributed by atoms with Gasteiger partial charge in [-0.3, -0.25) is 9.78 Å². The van der Waals surface area contributed by atoms with Crippen LogP contribution in [0.25, 0.3) is 0 Å². The number of hydrogen-bond donors (Lipinski definition) is 2. The molecule has 1 heterocycles. The largest absolute Gasteiger partial charge is 0.396 e. The molecule has 1 aromatic heterocycles. The topological polar surface area (TPSA) is 68.0 Å². The van der Waals surface area contributed by atoms with Crippen LogP contribution in [0.5, 0.6) is 0 Å². The third-order valence-corrected chi connectivity index (χ3v) is 2.26. The molecule has 2 rings (SSSR count). The monoisotopic (exact) mass is 249 g/mol. The van der Waals surface area contributed by atoms with Crippen LogP contribution in [0.1, 0.15) is 10.4 Å². The predicted molar refractivity (Wildman–Crippen MR) is 63.0 cm³/mol. The Hall–Kier alpha value is -2.50. The summed E-state index contributed by atoms with van der Waals surface area (Å²) in [7, 11) is 0. The molecule has 0 saturated heterocycles. The molecule has 0 aliphatic heterocycles. The second kappa shape index (κ2) is 4.79. The summed E-state index contributed by atoms with van der Waals surface area (Å²) in [4.78, 5) is 15.5. The second-order valence-corrected chi connectivity index (χ2v) is 3.55. The van der Waals surface area contributed by atoms with Crippen LogP contribution in [0, 0.1) is 11.6 Å². The Morgan fingerprint density at radius 2 is 2.06 bits per heavy atom. The highest BCUT2D eigenvalue weighted by Gasteiger charge is 2.12. The Kier molecular flexibility index (Phi) is 3.18. The molecular weight excluding hydrogens is 240 g/mol. The molecule has 0 saturated carbocycles. The Morgan fingerprint density at radius 1 is 1.28 bits per heavy atom. The molecule has 1 aromatic carbocycles. The molecule has 0 aliphatic carbocycles. The first kappa shape index (κ1) is 12.0. The Bertz CT molecular complexity index is 587. The van der Waals surface area contributed by atoms with Gasteiger partial charge in [-0.1, -0.05) is 0 Å². The first-order valence-electron chi connectivity index (χ1n) is 5.04. The van der Waals surface area contributed by atoms with Gasteiger partial charge in [0.05, 0.1) is 16.9 Å². The summed E-state index contributed by atoms with van der Waals surface area (Å²) in [5.41, 5.74) is 5.15. The average Bonchev–Trinajstić information content (AvgIpc) is 2.37. The highest BCUT2D eigenvalue weighted by Crippen LogP contribution is 2.21. The van der Waals surface area contributed by atoms with Gasteiger partial charge in [0.1, 0.15) is 11.6 Å². The number of anilines is 2. The Labute approximate surface area is 101 Å². The van der Waals surface area contributed by atoms with Crippen molar-refractivity contribution in [3.63, 3.8) is 0 Å². The number of aromatic nitrogens is 1. The summed E-state index contributed by atoms with van der Waals surface area (Å²) in [6.07, 6.45) is 2.84. The molecule has 6 heteroatoms. The standard InChI is InChI=1S/C12H9F2N3O/c13-8-4-9(14)11(5-10(8)15)17-12(18)7-2-1-3-16-6-7/h1-6H,15H2,(H,17,18). The van der Waals surface area contributed by atoms with Gasteiger partial charge in [0.2, 0.25) is 0 Å². The zero-order chi connectivity index (χ0) is 13.1. The number of amides is 1. The molecule has 0 aliphatic rings. The van der Waals surface area contributed by atoms with Crippen molar-refractivity contribution in [3.8, 4) is 0 Å². The van der Waals surface area contributed by atoms with Crippen molar-refractivity contribution in [2.75, 3.05) is 11.1 Å². The van der Waals surface area contributed by atoms with E-state index in [1.54, 1.807) is 6.07 Å². The average molecular weight is 249 g/mol. The lowest BCUT2D eigenvalue weighted by Gasteiger charge is -2.07. The maximum absolute atomic E-state index is 13.4. The summed E-state index contributed by atoms with van der Waals surface area (Å²) in [6, 6.07) is 4.74. The van der Waals surface area contributed by atoms with Crippen LogP contribution in [-0.4, -0.2) is 10.9 Å². The number of halogens is 2. The smallest absolute Gasteiger partial charge is 0.257 e. The number of hydrogen-bond acceptors (Lipinski definition) is 3. The lowest BCUT2D eigenvalue weighted by atomic mass is 10.2. The number of carbonyl (C=O) groups is 1. The Morgan fingerprint density at radius 3 is 2.72 bits per heavy atom. The summed E-state index contributed by atoms with van der Waals surface area (Å²) >= 11 is 0. The lowest BCUT2D eigenvalue weighted by Crippen LogP contribution is -2.13. The van der Waals surface area contributed by atoms with Crippen molar-refractivity contribution in [2.24, 2.45) is 0 Å². The molecule has 0 bridgehead atoms. The second-order valence-electron chi connectivity index (χ2n) is 3.55. The van der Waals surface area contributed by atoms with E-state index in [1.807, 2.05) is 0 Å². The molecular formula is C12H9F2N3O.